The van der Waals surface area contributed by atoms with Crippen LogP contribution in [0.25, 0.3) is 22.2 Å². The van der Waals surface area contributed by atoms with Crippen molar-refractivity contribution in [2.45, 2.75) is 98.3 Å². The third kappa shape index (κ3) is 11.7. The Kier molecular flexibility index (Phi) is 16.9. The molecular formula is C43H67N8O7S-. The first-order valence-electron chi connectivity index (χ1n) is 21.0. The average Bonchev–Trinajstić information content (AvgIpc) is 3.84. The van der Waals surface area contributed by atoms with Gasteiger partial charge >= 0.3 is 5.97 Å². The van der Waals surface area contributed by atoms with Gasteiger partial charge in [-0.05, 0) is 107 Å². The largest absolute Gasteiger partial charge is 0.772 e. The summed E-state index contributed by atoms with van der Waals surface area (Å²) in [5.41, 5.74) is 11.0. The zero-order valence-electron chi connectivity index (χ0n) is 36.5. The number of pyridine rings is 1. The second kappa shape index (κ2) is 21.4. The van der Waals surface area contributed by atoms with Gasteiger partial charge in [-0.2, -0.15) is 0 Å². The number of hydrazine groups is 1. The molecule has 2 aliphatic heterocycles. The molecule has 0 radical (unpaired) electrons. The van der Waals surface area contributed by atoms with Crippen LogP contribution in [0.15, 0.2) is 36.5 Å². The molecule has 0 aliphatic carbocycles. The summed E-state index contributed by atoms with van der Waals surface area (Å²) in [6.45, 7) is 16.7. The highest BCUT2D eigenvalue weighted by Gasteiger charge is 2.34. The highest BCUT2D eigenvalue weighted by molar-refractivity contribution is 7.79. The number of carbonyl (C=O) groups excluding carboxylic acids is 2. The highest BCUT2D eigenvalue weighted by atomic mass is 32.2. The van der Waals surface area contributed by atoms with Crippen LogP contribution in [-0.2, 0) is 47.8 Å². The van der Waals surface area contributed by atoms with Crippen LogP contribution in [0.2, 0.25) is 0 Å². The zero-order valence-corrected chi connectivity index (χ0v) is 37.3. The summed E-state index contributed by atoms with van der Waals surface area (Å²) in [6.07, 6.45) is 3.70. The fourth-order valence-corrected chi connectivity index (χ4v) is 8.97. The number of carbonyl (C=O) groups is 2. The van der Waals surface area contributed by atoms with Crippen LogP contribution in [0.5, 0.6) is 0 Å². The first-order valence-corrected chi connectivity index (χ1v) is 22.3. The normalized spacial score (nSPS) is 19.5. The van der Waals surface area contributed by atoms with Gasteiger partial charge in [-0.1, -0.05) is 38.8 Å². The molecule has 16 heteroatoms. The Hall–Kier alpha value is -3.48. The number of benzene rings is 1. The summed E-state index contributed by atoms with van der Waals surface area (Å²) in [7, 11) is 5.17. The van der Waals surface area contributed by atoms with Crippen LogP contribution in [0.4, 0.5) is 5.69 Å². The number of anilines is 1. The van der Waals surface area contributed by atoms with E-state index in [1.54, 1.807) is 18.2 Å². The molecule has 3 unspecified atom stereocenters. The molecule has 0 saturated carbocycles. The second-order valence-electron chi connectivity index (χ2n) is 17.1. The predicted octanol–water partition coefficient (Wildman–Crippen LogP) is 4.10. The van der Waals surface area contributed by atoms with E-state index in [0.717, 1.165) is 72.4 Å². The molecule has 2 aliphatic rings. The van der Waals surface area contributed by atoms with Gasteiger partial charge in [0, 0.05) is 79.9 Å². The van der Waals surface area contributed by atoms with Crippen molar-refractivity contribution in [3.05, 3.63) is 47.8 Å². The van der Waals surface area contributed by atoms with Crippen LogP contribution in [0, 0.1) is 17.3 Å². The summed E-state index contributed by atoms with van der Waals surface area (Å²) in [4.78, 5) is 36.0. The smallest absolute Gasteiger partial charge is 0.324 e. The van der Waals surface area contributed by atoms with Gasteiger partial charge in [0.25, 0.3) is 0 Å². The van der Waals surface area contributed by atoms with Gasteiger partial charge in [-0.15, -0.1) is 0 Å². The quantitative estimate of drug-likeness (QED) is 0.0687. The summed E-state index contributed by atoms with van der Waals surface area (Å²) in [5, 5.41) is 7.49. The molecule has 0 spiro atoms. The Bertz CT molecular complexity index is 1880. The molecule has 59 heavy (non-hydrogen) atoms. The topological polar surface area (TPSA) is 174 Å². The average molecular weight is 840 g/mol. The van der Waals surface area contributed by atoms with Crippen molar-refractivity contribution in [3.63, 3.8) is 0 Å². The van der Waals surface area contributed by atoms with E-state index in [0.29, 0.717) is 31.0 Å². The lowest BCUT2D eigenvalue weighted by atomic mass is 9.84. The third-order valence-corrected chi connectivity index (χ3v) is 12.1. The molecule has 6 atom stereocenters. The van der Waals surface area contributed by atoms with Gasteiger partial charge in [0.05, 0.1) is 30.1 Å². The van der Waals surface area contributed by atoms with Crippen molar-refractivity contribution in [3.8, 4) is 11.3 Å². The van der Waals surface area contributed by atoms with Crippen molar-refractivity contribution in [1.29, 1.82) is 0 Å². The molecule has 0 bridgehead atoms. The zero-order chi connectivity index (χ0) is 42.9. The van der Waals surface area contributed by atoms with Gasteiger partial charge in [0.1, 0.15) is 6.04 Å². The lowest BCUT2D eigenvalue weighted by Crippen LogP contribution is -2.57. The fraction of sp³-hybridized carbons (Fsp3) is 0.651. The minimum Gasteiger partial charge on any atom is -0.772 e. The van der Waals surface area contributed by atoms with Crippen molar-refractivity contribution in [2.24, 2.45) is 17.3 Å². The van der Waals surface area contributed by atoms with Crippen LogP contribution in [0.3, 0.4) is 0 Å². The number of ether oxygens (including phenoxy) is 3. The first-order chi connectivity index (χ1) is 28.2. The number of likely N-dealkylation sites (N-methyl/N-ethyl adjacent to an activating group) is 1. The standard InChI is InChI=1S/C43H68N8O7S/c1-10-50-36-16-15-31(51(21-22-59(54)55)42(57-9)47-40(52)38(28(2)3)49(7)26-30-17-20-44-25-30)23-33(36)34(39(50)32-13-11-18-45-37(32)29(4)56-8)24-43(5,6)27-58-41(53)35-14-12-19-46-48-35/h11,13,15-16,18,23,28-30,35,38,42,44,46,48H,10,12,14,17,19-22,24-27H2,1-9H3,(H,47,52)(H,54,55)/p-1/t29-,30?,35-,38-,42?/m0/s1. The number of nitrogens with zero attached hydrogens (tertiary/aromatic N) is 4. The Morgan fingerprint density at radius 3 is 2.54 bits per heavy atom. The molecule has 2 saturated heterocycles. The number of aryl methyl sites for hydroxylation is 1. The van der Waals surface area contributed by atoms with Gasteiger partial charge in [-0.25, -0.2) is 5.43 Å². The molecule has 1 amide bonds. The summed E-state index contributed by atoms with van der Waals surface area (Å²) in [5.74, 6) is -0.186. The van der Waals surface area contributed by atoms with E-state index in [1.165, 1.54) is 7.11 Å². The van der Waals surface area contributed by atoms with E-state index >= 15 is 0 Å². The second-order valence-corrected chi connectivity index (χ2v) is 18.1. The van der Waals surface area contributed by atoms with Crippen LogP contribution in [-0.4, -0.2) is 120 Å². The number of fused-ring (bicyclic) bond motifs is 1. The van der Waals surface area contributed by atoms with Gasteiger partial charge in [-0.3, -0.25) is 29.1 Å². The van der Waals surface area contributed by atoms with E-state index < -0.39 is 34.9 Å². The van der Waals surface area contributed by atoms with Gasteiger partial charge < -0.3 is 38.9 Å². The van der Waals surface area contributed by atoms with E-state index in [2.05, 4.69) is 63.9 Å². The first kappa shape index (κ1) is 46.6. The Labute approximate surface area is 352 Å². The highest BCUT2D eigenvalue weighted by Crippen LogP contribution is 2.42. The Morgan fingerprint density at radius 2 is 1.92 bits per heavy atom. The van der Waals surface area contributed by atoms with Crippen LogP contribution >= 0.6 is 0 Å². The fourth-order valence-electron chi connectivity index (χ4n) is 8.62. The number of rotatable bonds is 21. The Balaban J connectivity index is 1.58. The number of hydrogen-bond donors (Lipinski definition) is 4. The van der Waals surface area contributed by atoms with Crippen LogP contribution < -0.4 is 26.4 Å². The molecular weight excluding hydrogens is 773 g/mol. The number of amides is 1. The molecule has 2 aromatic heterocycles. The molecule has 4 N–H and O–H groups in total. The van der Waals surface area contributed by atoms with Crippen molar-refractivity contribution in [1.82, 2.24) is 35.9 Å². The summed E-state index contributed by atoms with van der Waals surface area (Å²) < 4.78 is 44.2. The monoisotopic (exact) mass is 839 g/mol. The number of aromatic nitrogens is 2. The molecule has 1 aromatic carbocycles. The maximum atomic E-state index is 14.2. The number of esters is 1. The number of nitrogens with one attached hydrogen (secondary N) is 4. The van der Waals surface area contributed by atoms with E-state index in [-0.39, 0.29) is 42.8 Å². The SMILES string of the molecule is CCn1c(-c2cccnc2[C@H](C)OC)c(CC(C)(C)COC(=O)[C@@H]2CCCNN2)c2cc(N(CCS(=O)[O-])C(NC(=O)[C@H](C(C)C)N(C)CC3CCNC3)OC)ccc21. The molecule has 15 nitrogen and oxygen atoms in total. The van der Waals surface area contributed by atoms with Gasteiger partial charge in [0.15, 0.2) is 0 Å². The van der Waals surface area contributed by atoms with E-state index in [1.807, 2.05) is 46.0 Å². The molecule has 3 aromatic rings. The number of methoxy groups -OCH3 is 2. The molecule has 328 valence electrons. The van der Waals surface area contributed by atoms with Crippen LogP contribution in [0.1, 0.15) is 78.2 Å². The minimum absolute atomic E-state index is 0.0111. The maximum absolute atomic E-state index is 14.2. The molecule has 2 fully saturated rings. The third-order valence-electron chi connectivity index (χ3n) is 11.6. The van der Waals surface area contributed by atoms with E-state index in [9.17, 15) is 18.4 Å². The van der Waals surface area contributed by atoms with Crippen molar-refractivity contribution >= 4 is 39.5 Å². The van der Waals surface area contributed by atoms with Gasteiger partial charge in [0.2, 0.25) is 12.3 Å². The van der Waals surface area contributed by atoms with Crippen molar-refractivity contribution in [2.75, 3.05) is 71.3 Å². The lowest BCUT2D eigenvalue weighted by molar-refractivity contribution is -0.150. The Morgan fingerprint density at radius 1 is 1.14 bits per heavy atom. The minimum atomic E-state index is -2.35. The predicted molar refractivity (Wildman–Crippen MR) is 231 cm³/mol. The summed E-state index contributed by atoms with van der Waals surface area (Å²) >= 11 is -2.35. The van der Waals surface area contributed by atoms with E-state index in [4.69, 9.17) is 19.2 Å². The maximum Gasteiger partial charge on any atom is 0.324 e. The summed E-state index contributed by atoms with van der Waals surface area (Å²) in [6, 6.07) is 9.21. The lowest BCUT2D eigenvalue weighted by Gasteiger charge is -2.37. The molecule has 5 rings (SSSR count). The van der Waals surface area contributed by atoms with Crippen molar-refractivity contribution < 1.29 is 32.6 Å². The number of hydrogen-bond acceptors (Lipinski definition) is 13. The molecule has 4 heterocycles.